The van der Waals surface area contributed by atoms with Gasteiger partial charge in [0.2, 0.25) is 0 Å². The first-order valence-corrected chi connectivity index (χ1v) is 7.47. The Bertz CT molecular complexity index is 328. The Morgan fingerprint density at radius 2 is 1.72 bits per heavy atom. The molecule has 3 atom stereocenters. The highest BCUT2D eigenvalue weighted by atomic mass is 16.3. The van der Waals surface area contributed by atoms with Crippen LogP contribution in [0.15, 0.2) is 24.3 Å². The van der Waals surface area contributed by atoms with Crippen LogP contribution in [0.5, 0.6) is 0 Å². The van der Waals surface area contributed by atoms with Gasteiger partial charge in [0.05, 0.1) is 6.10 Å². The molecule has 0 bridgehead atoms. The molecule has 1 aromatic carbocycles. The maximum atomic E-state index is 9.63. The third-order valence-corrected chi connectivity index (χ3v) is 3.96. The van der Waals surface area contributed by atoms with Crippen molar-refractivity contribution in [3.63, 3.8) is 0 Å². The molecule has 1 aromatic rings. The van der Waals surface area contributed by atoms with Gasteiger partial charge in [0.25, 0.3) is 0 Å². The molecule has 1 fully saturated rings. The van der Waals surface area contributed by atoms with E-state index in [9.17, 15) is 5.11 Å². The fourth-order valence-electron chi connectivity index (χ4n) is 2.86. The van der Waals surface area contributed by atoms with Crippen LogP contribution in [0.2, 0.25) is 0 Å². The first-order chi connectivity index (χ1) is 8.70. The van der Waals surface area contributed by atoms with Gasteiger partial charge in [0.1, 0.15) is 0 Å². The zero-order valence-electron chi connectivity index (χ0n) is 12.3. The lowest BCUT2D eigenvalue weighted by Crippen LogP contribution is -2.24. The molecule has 0 aliphatic heterocycles. The summed E-state index contributed by atoms with van der Waals surface area (Å²) in [6.07, 6.45) is 4.10. The van der Waals surface area contributed by atoms with Crippen molar-refractivity contribution in [1.29, 1.82) is 0 Å². The predicted octanol–water partition coefficient (Wildman–Crippen LogP) is 4.54. The fourth-order valence-corrected chi connectivity index (χ4v) is 2.86. The lowest BCUT2D eigenvalue weighted by atomic mass is 9.75. The van der Waals surface area contributed by atoms with Crippen molar-refractivity contribution >= 4 is 0 Å². The van der Waals surface area contributed by atoms with E-state index in [-0.39, 0.29) is 6.10 Å². The summed E-state index contributed by atoms with van der Waals surface area (Å²) in [7, 11) is 0. The van der Waals surface area contributed by atoms with E-state index in [1.165, 1.54) is 11.1 Å². The van der Waals surface area contributed by atoms with E-state index in [0.29, 0.717) is 11.8 Å². The SMILES string of the molecule is CC.CCc1ccc(C2CCC(O)CC2C)cc1. The topological polar surface area (TPSA) is 20.2 Å². The van der Waals surface area contributed by atoms with Crippen LogP contribution in [0.3, 0.4) is 0 Å². The number of hydrogen-bond acceptors (Lipinski definition) is 1. The van der Waals surface area contributed by atoms with E-state index in [2.05, 4.69) is 38.1 Å². The van der Waals surface area contributed by atoms with Crippen molar-refractivity contribution < 1.29 is 5.11 Å². The van der Waals surface area contributed by atoms with E-state index in [0.717, 1.165) is 25.7 Å². The average molecular weight is 248 g/mol. The Labute approximate surface area is 112 Å². The molecular formula is C17H28O. The molecular weight excluding hydrogens is 220 g/mol. The summed E-state index contributed by atoms with van der Waals surface area (Å²) in [5, 5.41) is 9.63. The van der Waals surface area contributed by atoms with Crippen LogP contribution >= 0.6 is 0 Å². The monoisotopic (exact) mass is 248 g/mol. The summed E-state index contributed by atoms with van der Waals surface area (Å²) in [5.74, 6) is 1.26. The van der Waals surface area contributed by atoms with Crippen LogP contribution in [0, 0.1) is 5.92 Å². The van der Waals surface area contributed by atoms with Gasteiger partial charge in [-0.15, -0.1) is 0 Å². The predicted molar refractivity (Wildman–Crippen MR) is 78.9 cm³/mol. The third kappa shape index (κ3) is 3.84. The Kier molecular flexibility index (Phi) is 6.42. The first kappa shape index (κ1) is 15.2. The average Bonchev–Trinajstić information content (AvgIpc) is 2.41. The Morgan fingerprint density at radius 1 is 1.11 bits per heavy atom. The summed E-state index contributed by atoms with van der Waals surface area (Å²) >= 11 is 0. The van der Waals surface area contributed by atoms with Crippen molar-refractivity contribution in [1.82, 2.24) is 0 Å². The summed E-state index contributed by atoms with van der Waals surface area (Å²) in [5.41, 5.74) is 2.86. The quantitative estimate of drug-likeness (QED) is 0.814. The molecule has 1 aliphatic carbocycles. The molecule has 2 rings (SSSR count). The van der Waals surface area contributed by atoms with Gasteiger partial charge in [-0.3, -0.25) is 0 Å². The van der Waals surface area contributed by atoms with Gasteiger partial charge >= 0.3 is 0 Å². The molecule has 3 unspecified atom stereocenters. The highest BCUT2D eigenvalue weighted by Crippen LogP contribution is 2.37. The molecule has 0 spiro atoms. The maximum Gasteiger partial charge on any atom is 0.0543 e. The van der Waals surface area contributed by atoms with Crippen molar-refractivity contribution in [3.8, 4) is 0 Å². The highest BCUT2D eigenvalue weighted by Gasteiger charge is 2.27. The molecule has 18 heavy (non-hydrogen) atoms. The van der Waals surface area contributed by atoms with E-state index in [1.54, 1.807) is 0 Å². The van der Waals surface area contributed by atoms with Crippen molar-refractivity contribution in [3.05, 3.63) is 35.4 Å². The van der Waals surface area contributed by atoms with Crippen molar-refractivity contribution in [2.75, 3.05) is 0 Å². The molecule has 1 heteroatoms. The lowest BCUT2D eigenvalue weighted by Gasteiger charge is -2.32. The molecule has 0 saturated heterocycles. The molecule has 1 N–H and O–H groups in total. The van der Waals surface area contributed by atoms with Gasteiger partial charge in [-0.05, 0) is 48.6 Å². The molecule has 1 nitrogen and oxygen atoms in total. The molecule has 102 valence electrons. The molecule has 0 aromatic heterocycles. The highest BCUT2D eigenvalue weighted by molar-refractivity contribution is 5.26. The number of aryl methyl sites for hydroxylation is 1. The Balaban J connectivity index is 0.000000771. The molecule has 1 aliphatic rings. The Morgan fingerprint density at radius 3 is 2.22 bits per heavy atom. The lowest BCUT2D eigenvalue weighted by molar-refractivity contribution is 0.0950. The minimum absolute atomic E-state index is 0.0684. The van der Waals surface area contributed by atoms with Crippen LogP contribution in [0.1, 0.15) is 64.0 Å². The number of aliphatic hydroxyl groups excluding tert-OH is 1. The molecule has 0 radical (unpaired) electrons. The van der Waals surface area contributed by atoms with Crippen molar-refractivity contribution in [2.24, 2.45) is 5.92 Å². The number of rotatable bonds is 2. The summed E-state index contributed by atoms with van der Waals surface area (Å²) in [6, 6.07) is 9.04. The first-order valence-electron chi connectivity index (χ1n) is 7.47. The number of hydrogen-bond donors (Lipinski definition) is 1. The molecule has 0 amide bonds. The summed E-state index contributed by atoms with van der Waals surface area (Å²) in [4.78, 5) is 0. The number of aliphatic hydroxyl groups is 1. The zero-order chi connectivity index (χ0) is 13.5. The maximum absolute atomic E-state index is 9.63. The molecule has 0 heterocycles. The Hall–Kier alpha value is -0.820. The van der Waals surface area contributed by atoms with E-state index < -0.39 is 0 Å². The van der Waals surface area contributed by atoms with Gasteiger partial charge in [0.15, 0.2) is 0 Å². The minimum atomic E-state index is -0.0684. The van der Waals surface area contributed by atoms with E-state index in [1.807, 2.05) is 13.8 Å². The van der Waals surface area contributed by atoms with Crippen molar-refractivity contribution in [2.45, 2.75) is 65.4 Å². The summed E-state index contributed by atoms with van der Waals surface area (Å²) in [6.45, 7) is 8.45. The second-order valence-electron chi connectivity index (χ2n) is 5.15. The minimum Gasteiger partial charge on any atom is -0.393 e. The van der Waals surface area contributed by atoms with Gasteiger partial charge in [-0.2, -0.15) is 0 Å². The smallest absolute Gasteiger partial charge is 0.0543 e. The zero-order valence-corrected chi connectivity index (χ0v) is 12.3. The van der Waals surface area contributed by atoms with Crippen LogP contribution in [-0.4, -0.2) is 11.2 Å². The second kappa shape index (κ2) is 7.58. The van der Waals surface area contributed by atoms with Gasteiger partial charge < -0.3 is 5.11 Å². The van der Waals surface area contributed by atoms with E-state index >= 15 is 0 Å². The largest absolute Gasteiger partial charge is 0.393 e. The van der Waals surface area contributed by atoms with E-state index in [4.69, 9.17) is 0 Å². The van der Waals surface area contributed by atoms with Gasteiger partial charge in [0, 0.05) is 0 Å². The fraction of sp³-hybridized carbons (Fsp3) is 0.647. The third-order valence-electron chi connectivity index (χ3n) is 3.96. The van der Waals surface area contributed by atoms with Crippen LogP contribution < -0.4 is 0 Å². The summed E-state index contributed by atoms with van der Waals surface area (Å²) < 4.78 is 0. The number of benzene rings is 1. The molecule has 1 saturated carbocycles. The van der Waals surface area contributed by atoms with Crippen LogP contribution in [-0.2, 0) is 6.42 Å². The van der Waals surface area contributed by atoms with Crippen LogP contribution in [0.4, 0.5) is 0 Å². The van der Waals surface area contributed by atoms with Gasteiger partial charge in [-0.25, -0.2) is 0 Å². The van der Waals surface area contributed by atoms with Crippen LogP contribution in [0.25, 0.3) is 0 Å². The second-order valence-corrected chi connectivity index (χ2v) is 5.15. The van der Waals surface area contributed by atoms with Gasteiger partial charge in [-0.1, -0.05) is 52.0 Å². The standard InChI is InChI=1S/C15H22O.C2H6/c1-3-12-4-6-13(7-5-12)15-9-8-14(16)10-11(15)2;1-2/h4-7,11,14-16H,3,8-10H2,1-2H3;1-2H3. The normalized spacial score (nSPS) is 27.3.